The number of morpholine rings is 1. The molecule has 0 bridgehead atoms. The Morgan fingerprint density at radius 1 is 1.38 bits per heavy atom. The zero-order valence-corrected chi connectivity index (χ0v) is 20.3. The van der Waals surface area contributed by atoms with Gasteiger partial charge >= 0.3 is 5.97 Å². The van der Waals surface area contributed by atoms with E-state index in [1.165, 1.54) is 12.4 Å². The molecule has 1 aliphatic heterocycles. The number of esters is 1. The molecule has 9 heteroatoms. The molecule has 1 atom stereocenters. The van der Waals surface area contributed by atoms with Gasteiger partial charge in [-0.3, -0.25) is 0 Å². The van der Waals surface area contributed by atoms with E-state index in [1.54, 1.807) is 14.0 Å². The second-order valence-electron chi connectivity index (χ2n) is 7.15. The third kappa shape index (κ3) is 6.68. The van der Waals surface area contributed by atoms with Crippen LogP contribution < -0.4 is 15.0 Å². The van der Waals surface area contributed by atoms with Crippen LogP contribution >= 0.6 is 0 Å². The monoisotopic (exact) mass is 467 g/mol. The number of hydrogen-bond acceptors (Lipinski definition) is 9. The van der Waals surface area contributed by atoms with Crippen LogP contribution in [0.25, 0.3) is 0 Å². The number of aromatic nitrogens is 1. The van der Waals surface area contributed by atoms with Crippen LogP contribution in [0.3, 0.4) is 0 Å². The molecule has 0 radical (unpaired) electrons. The largest absolute Gasteiger partial charge is 0.497 e. The van der Waals surface area contributed by atoms with Crippen LogP contribution in [0.15, 0.2) is 30.5 Å². The number of carbonyl (C=O) groups excluding carboxylic acids is 1. The van der Waals surface area contributed by atoms with Crippen molar-refractivity contribution in [3.8, 4) is 11.8 Å². The number of benzene rings is 1. The minimum atomic E-state index is -0.497. The minimum Gasteiger partial charge on any atom is -0.497 e. The lowest BCUT2D eigenvalue weighted by Gasteiger charge is -2.35. The number of nitriles is 1. The summed E-state index contributed by atoms with van der Waals surface area (Å²) < 4.78 is 16.1. The van der Waals surface area contributed by atoms with E-state index in [0.717, 1.165) is 11.3 Å². The summed E-state index contributed by atoms with van der Waals surface area (Å²) in [6.07, 6.45) is 2.65. The number of ether oxygens (including phenoxy) is 3. The lowest BCUT2D eigenvalue weighted by molar-refractivity contribution is 0.0430. The van der Waals surface area contributed by atoms with Crippen LogP contribution in [-0.4, -0.2) is 56.7 Å². The van der Waals surface area contributed by atoms with Gasteiger partial charge in [-0.2, -0.15) is 5.26 Å². The van der Waals surface area contributed by atoms with Gasteiger partial charge in [-0.1, -0.05) is 26.0 Å². The first-order valence-electron chi connectivity index (χ1n) is 11.4. The van der Waals surface area contributed by atoms with Crippen molar-refractivity contribution in [2.75, 3.05) is 43.6 Å². The number of anilines is 2. The standard InChI is InChI=1S/C23H27N5O4.C2H6/c1-3-31-23(29)20-14-27-22(26-13-16-4-6-17(30-2)7-5-16)19(12-25)21(20)28-10-11-32-18(15-28)8-9-24;1-2/h4-7,12,14,18,25H,3,8,10-11,13,15H2,1-2H3,(H,26,27);1-2H3. The van der Waals surface area contributed by atoms with Gasteiger partial charge in [0.05, 0.1) is 50.2 Å². The zero-order valence-electron chi connectivity index (χ0n) is 20.3. The molecule has 2 N–H and O–H groups in total. The van der Waals surface area contributed by atoms with E-state index in [-0.39, 0.29) is 24.7 Å². The van der Waals surface area contributed by atoms with Crippen molar-refractivity contribution in [2.45, 2.75) is 39.8 Å². The lowest BCUT2D eigenvalue weighted by atomic mass is 10.1. The quantitative estimate of drug-likeness (QED) is 0.419. The first-order valence-corrected chi connectivity index (χ1v) is 11.4. The Labute approximate surface area is 201 Å². The molecule has 0 amide bonds. The molecule has 1 fully saturated rings. The number of rotatable bonds is 9. The van der Waals surface area contributed by atoms with Crippen molar-refractivity contribution in [3.05, 3.63) is 47.2 Å². The highest BCUT2D eigenvalue weighted by atomic mass is 16.5. The number of pyridine rings is 1. The highest BCUT2D eigenvalue weighted by Gasteiger charge is 2.28. The maximum atomic E-state index is 12.7. The Balaban J connectivity index is 0.00000199. The van der Waals surface area contributed by atoms with E-state index in [1.807, 2.05) is 43.0 Å². The molecular weight excluding hydrogens is 434 g/mol. The van der Waals surface area contributed by atoms with Crippen LogP contribution in [0.5, 0.6) is 5.75 Å². The molecule has 1 aliphatic rings. The molecule has 1 saturated heterocycles. The average Bonchev–Trinajstić information content (AvgIpc) is 2.88. The number of nitrogens with one attached hydrogen (secondary N) is 2. The minimum absolute atomic E-state index is 0.232. The second-order valence-corrected chi connectivity index (χ2v) is 7.15. The Morgan fingerprint density at radius 2 is 2.12 bits per heavy atom. The average molecular weight is 468 g/mol. The van der Waals surface area contributed by atoms with Crippen LogP contribution in [0.2, 0.25) is 0 Å². The van der Waals surface area contributed by atoms with E-state index in [2.05, 4.69) is 16.4 Å². The predicted molar refractivity (Wildman–Crippen MR) is 132 cm³/mol. The second kappa shape index (κ2) is 13.8. The summed E-state index contributed by atoms with van der Waals surface area (Å²) in [5, 5.41) is 20.4. The normalized spacial score (nSPS) is 14.8. The Morgan fingerprint density at radius 3 is 2.74 bits per heavy atom. The Bertz CT molecular complexity index is 988. The SMILES string of the molecule is CC.CCOC(=O)c1cnc(NCc2ccc(OC)cc2)c(C=N)c1N1CCOC(CC#N)C1. The summed E-state index contributed by atoms with van der Waals surface area (Å²) in [4.78, 5) is 19.0. The molecule has 3 rings (SSSR count). The summed E-state index contributed by atoms with van der Waals surface area (Å²) >= 11 is 0. The maximum absolute atomic E-state index is 12.7. The van der Waals surface area contributed by atoms with Crippen LogP contribution in [0.1, 0.15) is 48.7 Å². The predicted octanol–water partition coefficient (Wildman–Crippen LogP) is 4.02. The molecule has 0 saturated carbocycles. The molecule has 182 valence electrons. The fourth-order valence-corrected chi connectivity index (χ4v) is 3.57. The van der Waals surface area contributed by atoms with E-state index < -0.39 is 5.97 Å². The topological polar surface area (TPSA) is 121 Å². The van der Waals surface area contributed by atoms with Crippen molar-refractivity contribution in [3.63, 3.8) is 0 Å². The Hall–Kier alpha value is -3.64. The summed E-state index contributed by atoms with van der Waals surface area (Å²) in [6, 6.07) is 9.77. The van der Waals surface area contributed by atoms with Crippen molar-refractivity contribution in [2.24, 2.45) is 0 Å². The van der Waals surface area contributed by atoms with E-state index in [4.69, 9.17) is 24.9 Å². The highest BCUT2D eigenvalue weighted by Crippen LogP contribution is 2.31. The van der Waals surface area contributed by atoms with Gasteiger partial charge in [0.25, 0.3) is 0 Å². The smallest absolute Gasteiger partial charge is 0.341 e. The molecule has 1 unspecified atom stereocenters. The van der Waals surface area contributed by atoms with Crippen molar-refractivity contribution in [1.82, 2.24) is 4.98 Å². The maximum Gasteiger partial charge on any atom is 0.341 e. The summed E-state index contributed by atoms with van der Waals surface area (Å²) in [5.74, 6) is 0.762. The third-order valence-corrected chi connectivity index (χ3v) is 5.12. The van der Waals surface area contributed by atoms with Crippen LogP contribution in [0.4, 0.5) is 11.5 Å². The van der Waals surface area contributed by atoms with Gasteiger partial charge < -0.3 is 29.8 Å². The van der Waals surface area contributed by atoms with Gasteiger partial charge in [-0.15, -0.1) is 0 Å². The van der Waals surface area contributed by atoms with Crippen molar-refractivity contribution in [1.29, 1.82) is 10.7 Å². The molecule has 1 aromatic carbocycles. The van der Waals surface area contributed by atoms with Crippen LogP contribution in [0, 0.1) is 16.7 Å². The number of nitrogens with zero attached hydrogens (tertiary/aromatic N) is 3. The van der Waals surface area contributed by atoms with Gasteiger partial charge in [-0.05, 0) is 24.6 Å². The van der Waals surface area contributed by atoms with Gasteiger partial charge in [0, 0.05) is 32.0 Å². The molecule has 34 heavy (non-hydrogen) atoms. The van der Waals surface area contributed by atoms with Gasteiger partial charge in [0.15, 0.2) is 0 Å². The fraction of sp³-hybridized carbons (Fsp3) is 0.440. The number of methoxy groups -OCH3 is 1. The molecule has 0 aliphatic carbocycles. The summed E-state index contributed by atoms with van der Waals surface area (Å²) in [5.41, 5.74) is 2.36. The number of hydrogen-bond donors (Lipinski definition) is 2. The Kier molecular flexibility index (Phi) is 10.8. The van der Waals surface area contributed by atoms with E-state index in [9.17, 15) is 4.79 Å². The van der Waals surface area contributed by atoms with E-state index in [0.29, 0.717) is 43.3 Å². The summed E-state index contributed by atoms with van der Waals surface area (Å²) in [7, 11) is 1.62. The van der Waals surface area contributed by atoms with Gasteiger partial charge in [-0.25, -0.2) is 9.78 Å². The third-order valence-electron chi connectivity index (χ3n) is 5.12. The van der Waals surface area contributed by atoms with Gasteiger partial charge in [0.1, 0.15) is 17.1 Å². The number of carbonyl (C=O) groups is 1. The molecule has 2 aromatic rings. The molecular formula is C25H33N5O4. The zero-order chi connectivity index (χ0) is 24.9. The van der Waals surface area contributed by atoms with Crippen molar-refractivity contribution >= 4 is 23.7 Å². The van der Waals surface area contributed by atoms with E-state index >= 15 is 0 Å². The van der Waals surface area contributed by atoms with Crippen LogP contribution in [-0.2, 0) is 16.0 Å². The first-order chi connectivity index (χ1) is 16.6. The first kappa shape index (κ1) is 26.6. The van der Waals surface area contributed by atoms with Crippen molar-refractivity contribution < 1.29 is 19.0 Å². The van der Waals surface area contributed by atoms with Gasteiger partial charge in [0.2, 0.25) is 0 Å². The molecule has 2 heterocycles. The summed E-state index contributed by atoms with van der Waals surface area (Å²) in [6.45, 7) is 7.83. The fourth-order valence-electron chi connectivity index (χ4n) is 3.57. The molecule has 1 aromatic heterocycles. The lowest BCUT2D eigenvalue weighted by Crippen LogP contribution is -2.43. The highest BCUT2D eigenvalue weighted by molar-refractivity contribution is 6.03. The molecule has 0 spiro atoms. The molecule has 9 nitrogen and oxygen atoms in total.